The number of hydrogen-bond acceptors (Lipinski definition) is 1. The summed E-state index contributed by atoms with van der Waals surface area (Å²) in [6, 6.07) is 5.99. The van der Waals surface area contributed by atoms with Crippen molar-refractivity contribution in [1.29, 1.82) is 0 Å². The van der Waals surface area contributed by atoms with E-state index in [9.17, 15) is 22.4 Å². The number of ketones is 1. The van der Waals surface area contributed by atoms with Crippen molar-refractivity contribution in [3.63, 3.8) is 0 Å². The average Bonchev–Trinajstić information content (AvgIpc) is 2.38. The normalized spacial score (nSPS) is 10.6. The lowest BCUT2D eigenvalue weighted by Crippen LogP contribution is -2.11. The van der Waals surface area contributed by atoms with Gasteiger partial charge in [0.15, 0.2) is 0 Å². The predicted octanol–water partition coefficient (Wildman–Crippen LogP) is 3.60. The van der Waals surface area contributed by atoms with Crippen LogP contribution < -0.4 is 0 Å². The summed E-state index contributed by atoms with van der Waals surface area (Å²) in [6.45, 7) is 0. The van der Waals surface area contributed by atoms with Crippen LogP contribution in [-0.4, -0.2) is 5.78 Å². The van der Waals surface area contributed by atoms with Crippen LogP contribution in [0.1, 0.15) is 11.1 Å². The number of rotatable bonds is 4. The quantitative estimate of drug-likeness (QED) is 0.783. The first-order valence-electron chi connectivity index (χ1n) is 5.86. The number of halogens is 4. The number of hydrogen-bond donors (Lipinski definition) is 0. The molecule has 2 aromatic carbocycles. The van der Waals surface area contributed by atoms with Gasteiger partial charge in [0.1, 0.15) is 29.1 Å². The summed E-state index contributed by atoms with van der Waals surface area (Å²) in [7, 11) is 0. The highest BCUT2D eigenvalue weighted by Crippen LogP contribution is 2.16. The zero-order valence-corrected chi connectivity index (χ0v) is 10.3. The van der Waals surface area contributed by atoms with Crippen molar-refractivity contribution < 1.29 is 22.4 Å². The van der Waals surface area contributed by atoms with Crippen LogP contribution >= 0.6 is 0 Å². The van der Waals surface area contributed by atoms with E-state index in [1.807, 2.05) is 0 Å². The first-order valence-corrected chi connectivity index (χ1v) is 5.86. The van der Waals surface area contributed by atoms with Gasteiger partial charge in [0, 0.05) is 18.4 Å². The zero-order valence-electron chi connectivity index (χ0n) is 10.3. The molecule has 0 aliphatic heterocycles. The van der Waals surface area contributed by atoms with Crippen molar-refractivity contribution in [2.24, 2.45) is 0 Å². The molecule has 0 spiro atoms. The average molecular weight is 282 g/mol. The summed E-state index contributed by atoms with van der Waals surface area (Å²) in [5.41, 5.74) is -0.499. The molecule has 0 bridgehead atoms. The second-order valence-corrected chi connectivity index (χ2v) is 4.33. The number of Topliss-reactive ketones (excluding diaryl/α,β-unsaturated/α-hetero) is 1. The topological polar surface area (TPSA) is 17.1 Å². The van der Waals surface area contributed by atoms with Crippen LogP contribution in [0.4, 0.5) is 17.6 Å². The van der Waals surface area contributed by atoms with Gasteiger partial charge in [0.05, 0.1) is 0 Å². The Morgan fingerprint density at radius 2 is 1.50 bits per heavy atom. The minimum absolute atomic E-state index is 0.133. The van der Waals surface area contributed by atoms with Gasteiger partial charge < -0.3 is 0 Å². The lowest BCUT2D eigenvalue weighted by Gasteiger charge is -2.05. The molecule has 5 heteroatoms. The van der Waals surface area contributed by atoms with Gasteiger partial charge in [-0.2, -0.15) is 0 Å². The largest absolute Gasteiger partial charge is 0.299 e. The standard InChI is InChI=1S/C15H10F4O/c16-10-4-5-13(17)9(6-10)7-11(20)8-12-14(18)2-1-3-15(12)19/h1-6H,7-8H2. The van der Waals surface area contributed by atoms with Crippen molar-refractivity contribution in [2.75, 3.05) is 0 Å². The summed E-state index contributed by atoms with van der Waals surface area (Å²) >= 11 is 0. The fraction of sp³-hybridized carbons (Fsp3) is 0.133. The molecular formula is C15H10F4O. The zero-order chi connectivity index (χ0) is 14.7. The van der Waals surface area contributed by atoms with Crippen LogP contribution in [0.2, 0.25) is 0 Å². The summed E-state index contributed by atoms with van der Waals surface area (Å²) in [4.78, 5) is 11.7. The number of carbonyl (C=O) groups is 1. The maximum atomic E-state index is 13.4. The molecule has 0 atom stereocenters. The number of benzene rings is 2. The molecule has 0 fully saturated rings. The minimum atomic E-state index is -0.835. The molecule has 0 saturated carbocycles. The third-order valence-electron chi connectivity index (χ3n) is 2.83. The fourth-order valence-electron chi connectivity index (χ4n) is 1.85. The van der Waals surface area contributed by atoms with Gasteiger partial charge in [-0.15, -0.1) is 0 Å². The Bertz CT molecular complexity index is 632. The first kappa shape index (κ1) is 14.2. The van der Waals surface area contributed by atoms with Gasteiger partial charge in [0.25, 0.3) is 0 Å². The van der Waals surface area contributed by atoms with Gasteiger partial charge in [-0.25, -0.2) is 17.6 Å². The van der Waals surface area contributed by atoms with E-state index >= 15 is 0 Å². The van der Waals surface area contributed by atoms with Crippen molar-refractivity contribution in [3.05, 3.63) is 70.8 Å². The molecule has 0 aliphatic rings. The summed E-state index contributed by atoms with van der Waals surface area (Å²) in [5.74, 6) is -3.67. The highest BCUT2D eigenvalue weighted by molar-refractivity contribution is 5.83. The Balaban J connectivity index is 2.15. The van der Waals surface area contributed by atoms with E-state index < -0.39 is 41.9 Å². The van der Waals surface area contributed by atoms with E-state index in [1.165, 1.54) is 6.07 Å². The third-order valence-corrected chi connectivity index (χ3v) is 2.83. The second kappa shape index (κ2) is 5.86. The molecule has 2 aromatic rings. The van der Waals surface area contributed by atoms with Gasteiger partial charge in [-0.3, -0.25) is 4.79 Å². The van der Waals surface area contributed by atoms with Crippen LogP contribution in [0.15, 0.2) is 36.4 Å². The van der Waals surface area contributed by atoms with E-state index in [0.29, 0.717) is 0 Å². The summed E-state index contributed by atoms with van der Waals surface area (Å²) in [6.07, 6.45) is -0.925. The Kier molecular flexibility index (Phi) is 4.17. The Labute approximate surface area is 112 Å². The van der Waals surface area contributed by atoms with E-state index in [1.54, 1.807) is 0 Å². The lowest BCUT2D eigenvalue weighted by molar-refractivity contribution is -0.117. The molecule has 0 N–H and O–H groups in total. The molecule has 0 saturated heterocycles. The van der Waals surface area contributed by atoms with E-state index in [-0.39, 0.29) is 11.1 Å². The lowest BCUT2D eigenvalue weighted by atomic mass is 10.0. The van der Waals surface area contributed by atoms with Gasteiger partial charge in [0.2, 0.25) is 0 Å². The van der Waals surface area contributed by atoms with Crippen LogP contribution in [0, 0.1) is 23.3 Å². The van der Waals surface area contributed by atoms with Crippen LogP contribution in [-0.2, 0) is 17.6 Å². The molecule has 0 radical (unpaired) electrons. The first-order chi connectivity index (χ1) is 9.47. The van der Waals surface area contributed by atoms with Gasteiger partial charge >= 0.3 is 0 Å². The predicted molar refractivity (Wildman–Crippen MR) is 65.1 cm³/mol. The SMILES string of the molecule is O=C(Cc1cc(F)ccc1F)Cc1c(F)cccc1F. The van der Waals surface area contributed by atoms with Crippen molar-refractivity contribution in [1.82, 2.24) is 0 Å². The fourth-order valence-corrected chi connectivity index (χ4v) is 1.85. The van der Waals surface area contributed by atoms with Crippen LogP contribution in [0.3, 0.4) is 0 Å². The monoisotopic (exact) mass is 282 g/mol. The minimum Gasteiger partial charge on any atom is -0.299 e. The maximum Gasteiger partial charge on any atom is 0.141 e. The summed E-state index contributed by atoms with van der Waals surface area (Å²) in [5, 5.41) is 0. The second-order valence-electron chi connectivity index (χ2n) is 4.33. The number of carbonyl (C=O) groups excluding carboxylic acids is 1. The van der Waals surface area contributed by atoms with E-state index in [4.69, 9.17) is 0 Å². The highest BCUT2D eigenvalue weighted by Gasteiger charge is 2.15. The van der Waals surface area contributed by atoms with E-state index in [0.717, 1.165) is 30.3 Å². The maximum absolute atomic E-state index is 13.4. The molecule has 0 unspecified atom stereocenters. The molecule has 0 heterocycles. The van der Waals surface area contributed by atoms with Gasteiger partial charge in [-0.1, -0.05) is 6.07 Å². The van der Waals surface area contributed by atoms with Crippen LogP contribution in [0.5, 0.6) is 0 Å². The smallest absolute Gasteiger partial charge is 0.141 e. The third kappa shape index (κ3) is 3.23. The van der Waals surface area contributed by atoms with Crippen LogP contribution in [0.25, 0.3) is 0 Å². The van der Waals surface area contributed by atoms with E-state index in [2.05, 4.69) is 0 Å². The molecule has 20 heavy (non-hydrogen) atoms. The van der Waals surface area contributed by atoms with Crippen molar-refractivity contribution in [2.45, 2.75) is 12.8 Å². The molecule has 0 aromatic heterocycles. The highest BCUT2D eigenvalue weighted by atomic mass is 19.1. The van der Waals surface area contributed by atoms with Crippen molar-refractivity contribution >= 4 is 5.78 Å². The van der Waals surface area contributed by atoms with Gasteiger partial charge in [-0.05, 0) is 35.9 Å². The Morgan fingerprint density at radius 3 is 2.15 bits per heavy atom. The summed E-state index contributed by atoms with van der Waals surface area (Å²) < 4.78 is 53.0. The molecule has 2 rings (SSSR count). The Hall–Kier alpha value is -2.17. The molecule has 104 valence electrons. The van der Waals surface area contributed by atoms with Crippen molar-refractivity contribution in [3.8, 4) is 0 Å². The molecule has 0 amide bonds. The molecular weight excluding hydrogens is 272 g/mol. The Morgan fingerprint density at radius 1 is 0.850 bits per heavy atom. The molecule has 0 aliphatic carbocycles. The molecule has 1 nitrogen and oxygen atoms in total.